The molecule has 0 aliphatic carbocycles. The number of benzene rings is 1. The summed E-state index contributed by atoms with van der Waals surface area (Å²) in [6.07, 6.45) is 2.60. The van der Waals surface area contributed by atoms with Crippen LogP contribution in [-0.4, -0.2) is 24.5 Å². The molecule has 4 nitrogen and oxygen atoms in total. The lowest BCUT2D eigenvalue weighted by Crippen LogP contribution is -2.42. The molecule has 1 unspecified atom stereocenters. The van der Waals surface area contributed by atoms with Gasteiger partial charge in [0.2, 0.25) is 5.91 Å². The predicted octanol–water partition coefficient (Wildman–Crippen LogP) is 3.23. The van der Waals surface area contributed by atoms with E-state index in [1.165, 1.54) is 0 Å². The third kappa shape index (κ3) is 6.76. The second-order valence-electron chi connectivity index (χ2n) is 4.85. The highest BCUT2D eigenvalue weighted by Crippen LogP contribution is 2.11. The highest BCUT2D eigenvalue weighted by Gasteiger charge is 2.20. The van der Waals surface area contributed by atoms with Gasteiger partial charge < -0.3 is 10.1 Å². The first kappa shape index (κ1) is 17.7. The number of carbonyl (C=O) groups is 2. The number of halogens is 1. The van der Waals surface area contributed by atoms with Crippen molar-refractivity contribution < 1.29 is 14.3 Å². The largest absolute Gasteiger partial charge is 0.464 e. The first-order valence-electron chi connectivity index (χ1n) is 7.27. The van der Waals surface area contributed by atoms with E-state index in [2.05, 4.69) is 21.2 Å². The summed E-state index contributed by atoms with van der Waals surface area (Å²) in [6.45, 7) is 4.30. The predicted molar refractivity (Wildman–Crippen MR) is 85.9 cm³/mol. The molecule has 0 saturated heterocycles. The molecule has 1 aromatic carbocycles. The summed E-state index contributed by atoms with van der Waals surface area (Å²) >= 11 is 3.35. The molecule has 0 bridgehead atoms. The molecule has 1 rings (SSSR count). The number of unbranched alkanes of at least 4 members (excludes halogenated alkanes) is 1. The topological polar surface area (TPSA) is 55.4 Å². The number of hydrogen-bond donors (Lipinski definition) is 1. The van der Waals surface area contributed by atoms with E-state index in [0.29, 0.717) is 13.0 Å². The lowest BCUT2D eigenvalue weighted by atomic mass is 10.1. The maximum absolute atomic E-state index is 12.0. The molecular weight excluding hydrogens is 334 g/mol. The number of carbonyl (C=O) groups excluding carboxylic acids is 2. The Morgan fingerprint density at radius 3 is 2.48 bits per heavy atom. The van der Waals surface area contributed by atoms with Gasteiger partial charge in [-0.25, -0.2) is 4.79 Å². The maximum Gasteiger partial charge on any atom is 0.328 e. The van der Waals surface area contributed by atoms with Crippen molar-refractivity contribution in [3.8, 4) is 0 Å². The number of esters is 1. The van der Waals surface area contributed by atoms with Crippen molar-refractivity contribution in [2.24, 2.45) is 0 Å². The van der Waals surface area contributed by atoms with Gasteiger partial charge in [0.15, 0.2) is 0 Å². The third-order valence-electron chi connectivity index (χ3n) is 3.05. The van der Waals surface area contributed by atoms with Crippen molar-refractivity contribution in [2.45, 2.75) is 45.6 Å². The Morgan fingerprint density at radius 1 is 1.24 bits per heavy atom. The van der Waals surface area contributed by atoms with Crippen molar-refractivity contribution in [3.63, 3.8) is 0 Å². The minimum atomic E-state index is -0.565. The molecule has 0 saturated carbocycles. The first-order chi connectivity index (χ1) is 10.1. The Morgan fingerprint density at radius 2 is 1.90 bits per heavy atom. The van der Waals surface area contributed by atoms with Gasteiger partial charge in [-0.2, -0.15) is 0 Å². The smallest absolute Gasteiger partial charge is 0.328 e. The molecule has 5 heteroatoms. The average Bonchev–Trinajstić information content (AvgIpc) is 2.47. The molecule has 0 aromatic heterocycles. The van der Waals surface area contributed by atoms with Crippen molar-refractivity contribution in [2.75, 3.05) is 6.61 Å². The molecule has 1 aromatic rings. The van der Waals surface area contributed by atoms with Crippen molar-refractivity contribution in [3.05, 3.63) is 34.3 Å². The molecule has 0 aliphatic rings. The summed E-state index contributed by atoms with van der Waals surface area (Å²) in [7, 11) is 0. The van der Waals surface area contributed by atoms with E-state index >= 15 is 0 Å². The van der Waals surface area contributed by atoms with Crippen LogP contribution in [0.3, 0.4) is 0 Å². The molecule has 1 N–H and O–H groups in total. The Hall–Kier alpha value is -1.36. The number of rotatable bonds is 8. The van der Waals surface area contributed by atoms with Crippen LogP contribution in [0.1, 0.15) is 38.7 Å². The minimum absolute atomic E-state index is 0.170. The van der Waals surface area contributed by atoms with Crippen LogP contribution in [0, 0.1) is 0 Å². The molecule has 1 atom stereocenters. The maximum atomic E-state index is 12.0. The lowest BCUT2D eigenvalue weighted by Gasteiger charge is -2.16. The van der Waals surface area contributed by atoms with E-state index in [0.717, 1.165) is 22.9 Å². The van der Waals surface area contributed by atoms with E-state index in [1.54, 1.807) is 0 Å². The third-order valence-corrected chi connectivity index (χ3v) is 3.58. The van der Waals surface area contributed by atoms with Gasteiger partial charge in [-0.15, -0.1) is 0 Å². The molecule has 1 amide bonds. The molecule has 0 heterocycles. The van der Waals surface area contributed by atoms with Gasteiger partial charge in [-0.3, -0.25) is 4.79 Å². The highest BCUT2D eigenvalue weighted by atomic mass is 79.9. The van der Waals surface area contributed by atoms with Crippen LogP contribution >= 0.6 is 15.9 Å². The normalized spacial score (nSPS) is 11.8. The number of nitrogens with one attached hydrogen (secondary N) is 1. The Kier molecular flexibility index (Phi) is 8.05. The molecule has 0 fully saturated rings. The summed E-state index contributed by atoms with van der Waals surface area (Å²) in [6, 6.07) is 6.97. The van der Waals surface area contributed by atoms with Crippen LogP contribution in [0.25, 0.3) is 0 Å². The second-order valence-corrected chi connectivity index (χ2v) is 5.77. The zero-order chi connectivity index (χ0) is 15.7. The van der Waals surface area contributed by atoms with Gasteiger partial charge in [0.1, 0.15) is 6.04 Å². The first-order valence-corrected chi connectivity index (χ1v) is 8.06. The molecule has 21 heavy (non-hydrogen) atoms. The Labute approximate surface area is 134 Å². The summed E-state index contributed by atoms with van der Waals surface area (Å²) in [4.78, 5) is 23.8. The number of ether oxygens (including phenoxy) is 1. The quantitative estimate of drug-likeness (QED) is 0.575. The van der Waals surface area contributed by atoms with Crippen LogP contribution < -0.4 is 5.32 Å². The van der Waals surface area contributed by atoms with E-state index < -0.39 is 6.04 Å². The van der Waals surface area contributed by atoms with E-state index in [-0.39, 0.29) is 18.3 Å². The molecule has 116 valence electrons. The summed E-state index contributed by atoms with van der Waals surface area (Å²) in [5.74, 6) is -0.522. The fourth-order valence-corrected chi connectivity index (χ4v) is 2.04. The molecule has 0 aliphatic heterocycles. The number of amides is 1. The fourth-order valence-electron chi connectivity index (χ4n) is 1.78. The minimum Gasteiger partial charge on any atom is -0.464 e. The van der Waals surface area contributed by atoms with Crippen LogP contribution in [0.2, 0.25) is 0 Å². The SMILES string of the molecule is CCCCOC(=O)C(CC)NC(=O)Cc1ccc(Br)cc1. The van der Waals surface area contributed by atoms with Crippen LogP contribution in [0.4, 0.5) is 0 Å². The number of hydrogen-bond acceptors (Lipinski definition) is 3. The zero-order valence-corrected chi connectivity index (χ0v) is 14.1. The average molecular weight is 356 g/mol. The van der Waals surface area contributed by atoms with E-state index in [1.807, 2.05) is 38.1 Å². The van der Waals surface area contributed by atoms with E-state index in [9.17, 15) is 9.59 Å². The van der Waals surface area contributed by atoms with Gasteiger partial charge in [-0.1, -0.05) is 48.3 Å². The van der Waals surface area contributed by atoms with Gasteiger partial charge in [-0.05, 0) is 30.5 Å². The van der Waals surface area contributed by atoms with Crippen molar-refractivity contribution >= 4 is 27.8 Å². The van der Waals surface area contributed by atoms with Crippen molar-refractivity contribution in [1.82, 2.24) is 5.32 Å². The molecule has 0 radical (unpaired) electrons. The fraction of sp³-hybridized carbons (Fsp3) is 0.500. The van der Waals surface area contributed by atoms with Gasteiger partial charge >= 0.3 is 5.97 Å². The highest BCUT2D eigenvalue weighted by molar-refractivity contribution is 9.10. The lowest BCUT2D eigenvalue weighted by molar-refractivity contribution is -0.148. The second kappa shape index (κ2) is 9.55. The van der Waals surface area contributed by atoms with Gasteiger partial charge in [0, 0.05) is 4.47 Å². The summed E-state index contributed by atoms with van der Waals surface area (Å²) < 4.78 is 6.11. The van der Waals surface area contributed by atoms with E-state index in [4.69, 9.17) is 4.74 Å². The summed E-state index contributed by atoms with van der Waals surface area (Å²) in [5.41, 5.74) is 0.907. The zero-order valence-electron chi connectivity index (χ0n) is 12.5. The van der Waals surface area contributed by atoms with Crippen LogP contribution in [0.15, 0.2) is 28.7 Å². The van der Waals surface area contributed by atoms with Gasteiger partial charge in [0.05, 0.1) is 13.0 Å². The molecule has 0 spiro atoms. The van der Waals surface area contributed by atoms with Crippen molar-refractivity contribution in [1.29, 1.82) is 0 Å². The monoisotopic (exact) mass is 355 g/mol. The Bertz CT molecular complexity index is 459. The Balaban J connectivity index is 2.46. The van der Waals surface area contributed by atoms with Gasteiger partial charge in [0.25, 0.3) is 0 Å². The standard InChI is InChI=1S/C16H22BrNO3/c1-3-5-10-21-16(20)14(4-2)18-15(19)11-12-6-8-13(17)9-7-12/h6-9,14H,3-5,10-11H2,1-2H3,(H,18,19). The van der Waals surface area contributed by atoms with Crippen LogP contribution in [-0.2, 0) is 20.7 Å². The molecular formula is C16H22BrNO3. The summed E-state index contributed by atoms with van der Waals surface area (Å²) in [5, 5.41) is 2.73. The van der Waals surface area contributed by atoms with Crippen LogP contribution in [0.5, 0.6) is 0 Å².